The van der Waals surface area contributed by atoms with Gasteiger partial charge in [-0.3, -0.25) is 9.59 Å². The molecule has 0 radical (unpaired) electrons. The number of Topliss-reactive ketones (excluding diaryl/α,β-unsaturated/α-hetero) is 1. The minimum absolute atomic E-state index is 0.149. The molecule has 1 aliphatic carbocycles. The number of nitrogens with one attached hydrogen (secondary N) is 1. The van der Waals surface area contributed by atoms with E-state index in [1.165, 1.54) is 0 Å². The topological polar surface area (TPSA) is 90.9 Å². The van der Waals surface area contributed by atoms with Crippen molar-refractivity contribution in [1.82, 2.24) is 5.32 Å². The quantitative estimate of drug-likeness (QED) is 0.400. The molecule has 0 saturated heterocycles. The molecule has 2 aromatic rings. The van der Waals surface area contributed by atoms with Gasteiger partial charge in [0, 0.05) is 33.8 Å². The third kappa shape index (κ3) is 5.14. The fraction of sp³-hybridized carbons (Fsp3) is 0.345. The van der Waals surface area contributed by atoms with Crippen LogP contribution in [-0.2, 0) is 23.9 Å². The average molecular weight is 524 g/mol. The number of carbonyl (C=O) groups excluding carboxylic acids is 3. The highest BCUT2D eigenvalue weighted by Gasteiger charge is 2.49. The highest BCUT2D eigenvalue weighted by Crippen LogP contribution is 2.48. The summed E-state index contributed by atoms with van der Waals surface area (Å²) in [6.45, 7) is 5.57. The molecular weight excluding hydrogens is 494 g/mol. The van der Waals surface area contributed by atoms with Crippen molar-refractivity contribution in [3.05, 3.63) is 87.2 Å². The van der Waals surface area contributed by atoms with Gasteiger partial charge in [0.05, 0.1) is 25.9 Å². The van der Waals surface area contributed by atoms with E-state index in [0.29, 0.717) is 45.3 Å². The van der Waals surface area contributed by atoms with E-state index in [0.717, 1.165) is 5.56 Å². The second kappa shape index (κ2) is 11.2. The summed E-state index contributed by atoms with van der Waals surface area (Å²) in [4.78, 5) is 40.6. The first-order chi connectivity index (χ1) is 17.8. The largest absolute Gasteiger partial charge is 0.497 e. The smallest absolute Gasteiger partial charge is 0.336 e. The van der Waals surface area contributed by atoms with Gasteiger partial charge in [0.2, 0.25) is 0 Å². The van der Waals surface area contributed by atoms with Crippen molar-refractivity contribution < 1.29 is 28.6 Å². The Morgan fingerprint density at radius 2 is 1.59 bits per heavy atom. The van der Waals surface area contributed by atoms with Crippen molar-refractivity contribution in [3.63, 3.8) is 0 Å². The van der Waals surface area contributed by atoms with E-state index in [-0.39, 0.29) is 19.0 Å². The van der Waals surface area contributed by atoms with Crippen molar-refractivity contribution in [2.45, 2.75) is 39.0 Å². The number of hydrogen-bond acceptors (Lipinski definition) is 7. The predicted octanol–water partition coefficient (Wildman–Crippen LogP) is 5.06. The van der Waals surface area contributed by atoms with Crippen LogP contribution in [-0.4, -0.2) is 38.0 Å². The van der Waals surface area contributed by atoms with Gasteiger partial charge in [0.15, 0.2) is 5.78 Å². The number of halogens is 1. The van der Waals surface area contributed by atoms with Crippen molar-refractivity contribution in [3.8, 4) is 5.75 Å². The van der Waals surface area contributed by atoms with E-state index >= 15 is 0 Å². The van der Waals surface area contributed by atoms with Crippen molar-refractivity contribution in [2.75, 3.05) is 20.3 Å². The molecule has 0 bridgehead atoms. The van der Waals surface area contributed by atoms with E-state index in [1.54, 1.807) is 64.3 Å². The number of benzene rings is 2. The Morgan fingerprint density at radius 3 is 2.19 bits per heavy atom. The van der Waals surface area contributed by atoms with E-state index < -0.39 is 29.7 Å². The lowest BCUT2D eigenvalue weighted by Crippen LogP contribution is -2.43. The van der Waals surface area contributed by atoms with E-state index in [2.05, 4.69) is 5.32 Å². The lowest BCUT2D eigenvalue weighted by atomic mass is 9.67. The molecule has 4 rings (SSSR count). The summed E-state index contributed by atoms with van der Waals surface area (Å²) in [5, 5.41) is 3.83. The van der Waals surface area contributed by atoms with Crippen LogP contribution in [0.1, 0.15) is 50.2 Å². The minimum Gasteiger partial charge on any atom is -0.497 e. The Balaban J connectivity index is 1.87. The number of methoxy groups -OCH3 is 1. The molecule has 194 valence electrons. The lowest BCUT2D eigenvalue weighted by molar-refractivity contribution is -0.152. The molecule has 2 aliphatic rings. The fourth-order valence-electron chi connectivity index (χ4n) is 5.17. The third-order valence-electron chi connectivity index (χ3n) is 6.80. The molecule has 0 unspecified atom stereocenters. The molecule has 0 spiro atoms. The van der Waals surface area contributed by atoms with Gasteiger partial charge in [0.25, 0.3) is 0 Å². The molecular formula is C29H30ClNO6. The summed E-state index contributed by atoms with van der Waals surface area (Å²) in [6, 6.07) is 14.3. The molecule has 1 N–H and O–H groups in total. The molecule has 37 heavy (non-hydrogen) atoms. The zero-order valence-corrected chi connectivity index (χ0v) is 22.1. The van der Waals surface area contributed by atoms with Crippen LogP contribution < -0.4 is 10.1 Å². The number of allylic oxidation sites excluding steroid dienone is 3. The number of ketones is 1. The summed E-state index contributed by atoms with van der Waals surface area (Å²) >= 11 is 6.14. The first kappa shape index (κ1) is 26.5. The number of dihydropyridines is 1. The van der Waals surface area contributed by atoms with Crippen LogP contribution in [0.5, 0.6) is 5.75 Å². The highest BCUT2D eigenvalue weighted by molar-refractivity contribution is 6.30. The van der Waals surface area contributed by atoms with Crippen molar-refractivity contribution in [2.24, 2.45) is 5.92 Å². The molecule has 8 heteroatoms. The van der Waals surface area contributed by atoms with Gasteiger partial charge in [-0.15, -0.1) is 0 Å². The third-order valence-corrected chi connectivity index (χ3v) is 7.05. The van der Waals surface area contributed by atoms with Crippen LogP contribution in [0.25, 0.3) is 0 Å². The summed E-state index contributed by atoms with van der Waals surface area (Å²) in [7, 11) is 1.58. The van der Waals surface area contributed by atoms with E-state index in [1.807, 2.05) is 12.1 Å². The highest BCUT2D eigenvalue weighted by atomic mass is 35.5. The maximum atomic E-state index is 14.2. The molecule has 3 atom stereocenters. The Kier molecular flexibility index (Phi) is 8.03. The second-order valence-corrected chi connectivity index (χ2v) is 9.38. The van der Waals surface area contributed by atoms with Crippen LogP contribution in [0, 0.1) is 5.92 Å². The molecule has 1 heterocycles. The number of ether oxygens (including phenoxy) is 3. The number of esters is 2. The first-order valence-corrected chi connectivity index (χ1v) is 12.7. The number of hydrogen-bond donors (Lipinski definition) is 1. The minimum atomic E-state index is -1.06. The monoisotopic (exact) mass is 523 g/mol. The number of carbonyl (C=O) groups is 3. The SMILES string of the molecule is CCOC(=O)C1=C(C)NC2=C(C(=O)[C@@H](C(=O)OCC)[C@@H](c3ccc(OC)cc3)C2)[C@@H]1c1ccc(Cl)cc1. The summed E-state index contributed by atoms with van der Waals surface area (Å²) in [6.07, 6.45) is 0.383. The molecule has 7 nitrogen and oxygen atoms in total. The van der Waals surface area contributed by atoms with Gasteiger partial charge in [-0.05, 0) is 62.6 Å². The van der Waals surface area contributed by atoms with Crippen LogP contribution in [0.15, 0.2) is 71.1 Å². The predicted molar refractivity (Wildman–Crippen MR) is 139 cm³/mol. The molecule has 0 aromatic heterocycles. The molecule has 2 aromatic carbocycles. The van der Waals surface area contributed by atoms with Crippen molar-refractivity contribution in [1.29, 1.82) is 0 Å². The Morgan fingerprint density at radius 1 is 0.973 bits per heavy atom. The van der Waals surface area contributed by atoms with E-state index in [9.17, 15) is 14.4 Å². The fourth-order valence-corrected chi connectivity index (χ4v) is 5.30. The maximum Gasteiger partial charge on any atom is 0.336 e. The van der Waals surface area contributed by atoms with Gasteiger partial charge >= 0.3 is 11.9 Å². The standard InChI is InChI=1S/C29H30ClNO6/c1-5-36-28(33)23-16(3)31-22-15-21(17-9-13-20(35-4)14-10-17)25(29(34)37-6-2)27(32)26(22)24(23)18-7-11-19(30)12-8-18/h7-14,21,24-25,31H,5-6,15H2,1-4H3/t21-,24-,25+/m1/s1. The van der Waals surface area contributed by atoms with Crippen LogP contribution >= 0.6 is 11.6 Å². The van der Waals surface area contributed by atoms with E-state index in [4.69, 9.17) is 25.8 Å². The average Bonchev–Trinajstić information content (AvgIpc) is 2.88. The number of rotatable bonds is 7. The van der Waals surface area contributed by atoms with Gasteiger partial charge in [0.1, 0.15) is 11.7 Å². The van der Waals surface area contributed by atoms with Crippen LogP contribution in [0.3, 0.4) is 0 Å². The first-order valence-electron chi connectivity index (χ1n) is 12.3. The normalized spacial score (nSPS) is 21.2. The molecule has 0 amide bonds. The molecule has 0 saturated carbocycles. The summed E-state index contributed by atoms with van der Waals surface area (Å²) in [5.74, 6) is -3.03. The maximum absolute atomic E-state index is 14.2. The van der Waals surface area contributed by atoms with Gasteiger partial charge in [-0.25, -0.2) is 4.79 Å². The Hall–Kier alpha value is -3.58. The Labute approximate surface area is 221 Å². The van der Waals surface area contributed by atoms with Gasteiger partial charge in [-0.1, -0.05) is 35.9 Å². The summed E-state index contributed by atoms with van der Waals surface area (Å²) in [5.41, 5.74) is 3.52. The zero-order valence-electron chi connectivity index (χ0n) is 21.3. The van der Waals surface area contributed by atoms with Crippen molar-refractivity contribution >= 4 is 29.3 Å². The second-order valence-electron chi connectivity index (χ2n) is 8.94. The molecule has 1 aliphatic heterocycles. The van der Waals surface area contributed by atoms with Gasteiger partial charge in [-0.2, -0.15) is 0 Å². The van der Waals surface area contributed by atoms with Crippen LogP contribution in [0.4, 0.5) is 0 Å². The summed E-state index contributed by atoms with van der Waals surface area (Å²) < 4.78 is 16.0. The van der Waals surface area contributed by atoms with Crippen LogP contribution in [0.2, 0.25) is 5.02 Å². The zero-order chi connectivity index (χ0) is 26.7. The van der Waals surface area contributed by atoms with Gasteiger partial charge < -0.3 is 19.5 Å². The lowest BCUT2D eigenvalue weighted by Gasteiger charge is -2.39. The Bertz CT molecular complexity index is 1260. The molecule has 0 fully saturated rings.